The lowest BCUT2D eigenvalue weighted by Gasteiger charge is -2.13. The van der Waals surface area contributed by atoms with E-state index < -0.39 is 5.82 Å². The first kappa shape index (κ1) is 14.6. The molecule has 0 heterocycles. The van der Waals surface area contributed by atoms with Gasteiger partial charge in [-0.25, -0.2) is 4.39 Å². The molecule has 0 radical (unpaired) electrons. The minimum atomic E-state index is -0.516. The first-order chi connectivity index (χ1) is 8.06. The minimum Gasteiger partial charge on any atom is -0.349 e. The Morgan fingerprint density at radius 3 is 2.88 bits per heavy atom. The highest BCUT2D eigenvalue weighted by molar-refractivity contribution is 9.10. The predicted octanol–water partition coefficient (Wildman–Crippen LogP) is 3.88. The van der Waals surface area contributed by atoms with Crippen LogP contribution in [-0.2, 0) is 0 Å². The van der Waals surface area contributed by atoms with Crippen LogP contribution in [0.2, 0.25) is 0 Å². The fourth-order valence-electron chi connectivity index (χ4n) is 1.44. The van der Waals surface area contributed by atoms with E-state index in [4.69, 9.17) is 0 Å². The minimum absolute atomic E-state index is 0.0402. The van der Waals surface area contributed by atoms with Crippen LogP contribution in [0.1, 0.15) is 30.1 Å². The van der Waals surface area contributed by atoms with Crippen LogP contribution in [0.25, 0.3) is 0 Å². The Hall–Kier alpha value is -0.420. The maximum Gasteiger partial charge on any atom is 0.254 e. The van der Waals surface area contributed by atoms with Crippen molar-refractivity contribution in [3.05, 3.63) is 34.1 Å². The maximum atomic E-state index is 13.6. The van der Waals surface area contributed by atoms with Gasteiger partial charge in [0.25, 0.3) is 5.91 Å². The Balaban J connectivity index is 2.67. The first-order valence-electron chi connectivity index (χ1n) is 5.37. The lowest BCUT2D eigenvalue weighted by molar-refractivity contribution is 0.0934. The molecule has 1 N–H and O–H groups in total. The molecule has 1 aromatic rings. The summed E-state index contributed by atoms with van der Waals surface area (Å²) in [4.78, 5) is 11.8. The van der Waals surface area contributed by atoms with Gasteiger partial charge in [-0.1, -0.05) is 22.0 Å². The summed E-state index contributed by atoms with van der Waals surface area (Å²) in [7, 11) is 0. The van der Waals surface area contributed by atoms with Crippen LogP contribution in [0.3, 0.4) is 0 Å². The molecule has 17 heavy (non-hydrogen) atoms. The van der Waals surface area contributed by atoms with Gasteiger partial charge < -0.3 is 5.32 Å². The molecule has 1 unspecified atom stereocenters. The van der Waals surface area contributed by atoms with Gasteiger partial charge in [-0.3, -0.25) is 4.79 Å². The maximum absolute atomic E-state index is 13.6. The highest BCUT2D eigenvalue weighted by atomic mass is 79.9. The SMILES string of the molecule is CC(CCCBr)NC(=O)c1cccc(Br)c1F. The quantitative estimate of drug-likeness (QED) is 0.787. The van der Waals surface area contributed by atoms with Gasteiger partial charge in [0, 0.05) is 11.4 Å². The van der Waals surface area contributed by atoms with Crippen molar-refractivity contribution in [2.24, 2.45) is 0 Å². The van der Waals surface area contributed by atoms with Crippen LogP contribution in [0.4, 0.5) is 4.39 Å². The van der Waals surface area contributed by atoms with Gasteiger partial charge in [0.05, 0.1) is 10.0 Å². The first-order valence-corrected chi connectivity index (χ1v) is 7.28. The van der Waals surface area contributed by atoms with Gasteiger partial charge in [-0.15, -0.1) is 0 Å². The van der Waals surface area contributed by atoms with Crippen LogP contribution in [0.5, 0.6) is 0 Å². The molecular formula is C12H14Br2FNO. The Kier molecular flexibility index (Phi) is 6.12. The van der Waals surface area contributed by atoms with E-state index in [1.165, 1.54) is 6.07 Å². The van der Waals surface area contributed by atoms with Crippen molar-refractivity contribution in [3.8, 4) is 0 Å². The summed E-state index contributed by atoms with van der Waals surface area (Å²) >= 11 is 6.39. The summed E-state index contributed by atoms with van der Waals surface area (Å²) in [6.07, 6.45) is 1.84. The van der Waals surface area contributed by atoms with E-state index >= 15 is 0 Å². The van der Waals surface area contributed by atoms with Crippen LogP contribution < -0.4 is 5.32 Å². The van der Waals surface area contributed by atoms with E-state index in [0.29, 0.717) is 4.47 Å². The summed E-state index contributed by atoms with van der Waals surface area (Å²) in [6.45, 7) is 1.91. The molecule has 1 atom stereocenters. The molecule has 0 aliphatic carbocycles. The number of carbonyl (C=O) groups is 1. The molecule has 1 aromatic carbocycles. The van der Waals surface area contributed by atoms with Crippen molar-refractivity contribution in [3.63, 3.8) is 0 Å². The number of alkyl halides is 1. The molecule has 0 saturated heterocycles. The Bertz CT molecular complexity index is 398. The number of hydrogen-bond donors (Lipinski definition) is 1. The normalized spacial score (nSPS) is 12.2. The second-order valence-corrected chi connectivity index (χ2v) is 5.45. The molecule has 0 spiro atoms. The molecule has 1 rings (SSSR count). The zero-order chi connectivity index (χ0) is 12.8. The average molecular weight is 367 g/mol. The van der Waals surface area contributed by atoms with Crippen molar-refractivity contribution in [2.45, 2.75) is 25.8 Å². The molecule has 0 saturated carbocycles. The molecule has 0 aliphatic heterocycles. The predicted molar refractivity (Wildman–Crippen MR) is 74.1 cm³/mol. The van der Waals surface area contributed by atoms with Gasteiger partial charge in [0.1, 0.15) is 5.82 Å². The molecule has 94 valence electrons. The van der Waals surface area contributed by atoms with Gasteiger partial charge in [0.2, 0.25) is 0 Å². The standard InChI is InChI=1S/C12H14Br2FNO/c1-8(4-3-7-13)16-12(17)9-5-2-6-10(14)11(9)15/h2,5-6,8H,3-4,7H2,1H3,(H,16,17). The van der Waals surface area contributed by atoms with Crippen molar-refractivity contribution < 1.29 is 9.18 Å². The second kappa shape index (κ2) is 7.11. The number of rotatable bonds is 5. The summed E-state index contributed by atoms with van der Waals surface area (Å²) in [6, 6.07) is 4.73. The molecule has 0 fully saturated rings. The topological polar surface area (TPSA) is 29.1 Å². The van der Waals surface area contributed by atoms with E-state index in [9.17, 15) is 9.18 Å². The van der Waals surface area contributed by atoms with Crippen LogP contribution in [-0.4, -0.2) is 17.3 Å². The van der Waals surface area contributed by atoms with Crippen molar-refractivity contribution >= 4 is 37.8 Å². The molecule has 1 amide bonds. The van der Waals surface area contributed by atoms with Gasteiger partial charge in [-0.2, -0.15) is 0 Å². The largest absolute Gasteiger partial charge is 0.349 e. The Morgan fingerprint density at radius 2 is 2.24 bits per heavy atom. The number of nitrogens with one attached hydrogen (secondary N) is 1. The lowest BCUT2D eigenvalue weighted by Crippen LogP contribution is -2.33. The monoisotopic (exact) mass is 365 g/mol. The Labute approximate surface area is 117 Å². The summed E-state index contributed by atoms with van der Waals surface area (Å²) in [5.74, 6) is -0.886. The summed E-state index contributed by atoms with van der Waals surface area (Å²) < 4.78 is 13.9. The van der Waals surface area contributed by atoms with Crippen molar-refractivity contribution in [1.29, 1.82) is 0 Å². The average Bonchev–Trinajstić information content (AvgIpc) is 2.29. The van der Waals surface area contributed by atoms with E-state index in [1.807, 2.05) is 6.92 Å². The van der Waals surface area contributed by atoms with Crippen molar-refractivity contribution in [2.75, 3.05) is 5.33 Å². The van der Waals surface area contributed by atoms with Gasteiger partial charge in [-0.05, 0) is 47.8 Å². The molecule has 0 aromatic heterocycles. The van der Waals surface area contributed by atoms with Crippen LogP contribution >= 0.6 is 31.9 Å². The second-order valence-electron chi connectivity index (χ2n) is 3.81. The molecule has 5 heteroatoms. The van der Waals surface area contributed by atoms with Crippen LogP contribution in [0, 0.1) is 5.82 Å². The summed E-state index contributed by atoms with van der Waals surface area (Å²) in [5.41, 5.74) is 0.0741. The zero-order valence-corrected chi connectivity index (χ0v) is 12.6. The van der Waals surface area contributed by atoms with E-state index in [-0.39, 0.29) is 17.5 Å². The smallest absolute Gasteiger partial charge is 0.254 e. The number of benzene rings is 1. The number of carbonyl (C=O) groups excluding carboxylic acids is 1. The fourth-order valence-corrected chi connectivity index (χ4v) is 2.13. The van der Waals surface area contributed by atoms with Crippen LogP contribution in [0.15, 0.2) is 22.7 Å². The van der Waals surface area contributed by atoms with E-state index in [2.05, 4.69) is 37.2 Å². The molecule has 0 aliphatic rings. The lowest BCUT2D eigenvalue weighted by atomic mass is 10.1. The third-order valence-corrected chi connectivity index (χ3v) is 3.52. The molecule has 2 nitrogen and oxygen atoms in total. The highest BCUT2D eigenvalue weighted by Crippen LogP contribution is 2.18. The molecule has 0 bridgehead atoms. The third kappa shape index (κ3) is 4.39. The Morgan fingerprint density at radius 1 is 1.53 bits per heavy atom. The molecular weight excluding hydrogens is 353 g/mol. The number of hydrogen-bond acceptors (Lipinski definition) is 1. The summed E-state index contributed by atoms with van der Waals surface area (Å²) in [5, 5.41) is 3.68. The van der Waals surface area contributed by atoms with Gasteiger partial charge >= 0.3 is 0 Å². The fraction of sp³-hybridized carbons (Fsp3) is 0.417. The number of amides is 1. The van der Waals surface area contributed by atoms with Crippen molar-refractivity contribution in [1.82, 2.24) is 5.32 Å². The highest BCUT2D eigenvalue weighted by Gasteiger charge is 2.15. The number of halogens is 3. The third-order valence-electron chi connectivity index (χ3n) is 2.34. The zero-order valence-electron chi connectivity index (χ0n) is 9.47. The van der Waals surface area contributed by atoms with E-state index in [0.717, 1.165) is 18.2 Å². The van der Waals surface area contributed by atoms with E-state index in [1.54, 1.807) is 12.1 Å². The van der Waals surface area contributed by atoms with Gasteiger partial charge in [0.15, 0.2) is 0 Å².